The summed E-state index contributed by atoms with van der Waals surface area (Å²) in [6.45, 7) is 5.82. The highest BCUT2D eigenvalue weighted by Gasteiger charge is 2.21. The number of hydrogen-bond donors (Lipinski definition) is 2. The van der Waals surface area contributed by atoms with Crippen LogP contribution in [0, 0.1) is 0 Å². The van der Waals surface area contributed by atoms with Crippen molar-refractivity contribution in [3.05, 3.63) is 35.4 Å². The second-order valence-electron chi connectivity index (χ2n) is 6.76. The third-order valence-electron chi connectivity index (χ3n) is 4.90. The highest BCUT2D eigenvalue weighted by Crippen LogP contribution is 2.16. The summed E-state index contributed by atoms with van der Waals surface area (Å²) in [5, 5.41) is 6.26. The molecule has 0 radical (unpaired) electrons. The van der Waals surface area contributed by atoms with Crippen LogP contribution in [0.5, 0.6) is 0 Å². The van der Waals surface area contributed by atoms with Gasteiger partial charge in [-0.25, -0.2) is 0 Å². The normalized spacial score (nSPS) is 21.0. The zero-order chi connectivity index (χ0) is 16.6. The molecule has 2 heterocycles. The Balaban J connectivity index is 0.00000169. The summed E-state index contributed by atoms with van der Waals surface area (Å²) < 4.78 is 5.36. The van der Waals surface area contributed by atoms with E-state index in [1.54, 1.807) is 0 Å². The maximum Gasteiger partial charge on any atom is 0.239 e. The molecule has 2 saturated heterocycles. The molecule has 1 atom stereocenters. The lowest BCUT2D eigenvalue weighted by Gasteiger charge is -2.24. The molecule has 26 heavy (non-hydrogen) atoms. The average molecular weight is 404 g/mol. The first kappa shape index (κ1) is 23.2. The van der Waals surface area contributed by atoms with Crippen LogP contribution in [0.4, 0.5) is 0 Å². The lowest BCUT2D eigenvalue weighted by Crippen LogP contribution is -2.51. The minimum absolute atomic E-state index is 0. The molecule has 0 aromatic heterocycles. The number of halogens is 2. The van der Waals surface area contributed by atoms with Crippen LogP contribution in [0.1, 0.15) is 36.8 Å². The molecule has 148 valence electrons. The van der Waals surface area contributed by atoms with Gasteiger partial charge in [0.05, 0.1) is 13.2 Å². The Kier molecular flexibility index (Phi) is 11.2. The van der Waals surface area contributed by atoms with Gasteiger partial charge in [0, 0.05) is 19.6 Å². The molecule has 1 aromatic rings. The number of morpholine rings is 1. The molecule has 0 aliphatic carbocycles. The molecule has 7 heteroatoms. The smallest absolute Gasteiger partial charge is 0.239 e. The highest BCUT2D eigenvalue weighted by molar-refractivity contribution is 5.85. The first-order chi connectivity index (χ1) is 11.8. The van der Waals surface area contributed by atoms with Gasteiger partial charge in [-0.05, 0) is 37.1 Å². The van der Waals surface area contributed by atoms with Crippen molar-refractivity contribution in [3.8, 4) is 0 Å². The summed E-state index contributed by atoms with van der Waals surface area (Å²) in [7, 11) is 0. The van der Waals surface area contributed by atoms with Gasteiger partial charge >= 0.3 is 0 Å². The molecule has 2 aliphatic rings. The molecular formula is C19H31Cl2N3O2. The van der Waals surface area contributed by atoms with Crippen molar-refractivity contribution in [2.24, 2.45) is 0 Å². The molecule has 1 aromatic carbocycles. The summed E-state index contributed by atoms with van der Waals surface area (Å²) in [4.78, 5) is 14.8. The predicted molar refractivity (Wildman–Crippen MR) is 109 cm³/mol. The second-order valence-corrected chi connectivity index (χ2v) is 6.76. The molecule has 0 saturated carbocycles. The second kappa shape index (κ2) is 12.5. The van der Waals surface area contributed by atoms with Gasteiger partial charge in [-0.2, -0.15) is 0 Å². The fourth-order valence-electron chi connectivity index (χ4n) is 3.46. The standard InChI is InChI=1S/C19H29N3O2.2ClH/c23-19(18-15-24-12-9-20-18)21-13-16-7-3-4-8-17(16)14-22-10-5-1-2-6-11-22;;/h3-4,7-8,18,20H,1-2,5-6,9-15H2,(H,21,23);2*1H. The molecule has 0 spiro atoms. The van der Waals surface area contributed by atoms with E-state index in [0.29, 0.717) is 19.8 Å². The monoisotopic (exact) mass is 403 g/mol. The molecule has 5 nitrogen and oxygen atoms in total. The molecule has 2 N–H and O–H groups in total. The van der Waals surface area contributed by atoms with Crippen molar-refractivity contribution in [2.45, 2.75) is 44.8 Å². The van der Waals surface area contributed by atoms with Crippen molar-refractivity contribution in [3.63, 3.8) is 0 Å². The van der Waals surface area contributed by atoms with E-state index in [9.17, 15) is 4.79 Å². The third kappa shape index (κ3) is 7.05. The number of rotatable bonds is 5. The van der Waals surface area contributed by atoms with Gasteiger partial charge in [-0.1, -0.05) is 37.1 Å². The fraction of sp³-hybridized carbons (Fsp3) is 0.632. The number of nitrogens with zero attached hydrogens (tertiary/aromatic N) is 1. The lowest BCUT2D eigenvalue weighted by molar-refractivity contribution is -0.126. The molecule has 2 fully saturated rings. The van der Waals surface area contributed by atoms with Crippen LogP contribution in [-0.4, -0.2) is 49.7 Å². The van der Waals surface area contributed by atoms with Crippen LogP contribution in [0.25, 0.3) is 0 Å². The highest BCUT2D eigenvalue weighted by atomic mass is 35.5. The summed E-state index contributed by atoms with van der Waals surface area (Å²) >= 11 is 0. The first-order valence-corrected chi connectivity index (χ1v) is 9.21. The van der Waals surface area contributed by atoms with Crippen molar-refractivity contribution in [2.75, 3.05) is 32.8 Å². The average Bonchev–Trinajstić information content (AvgIpc) is 2.90. The van der Waals surface area contributed by atoms with Gasteiger partial charge < -0.3 is 15.4 Å². The van der Waals surface area contributed by atoms with E-state index in [-0.39, 0.29) is 36.8 Å². The van der Waals surface area contributed by atoms with E-state index in [2.05, 4.69) is 39.8 Å². The van der Waals surface area contributed by atoms with Gasteiger partial charge in [-0.15, -0.1) is 24.8 Å². The van der Waals surface area contributed by atoms with Gasteiger partial charge in [0.15, 0.2) is 0 Å². The predicted octanol–water partition coefficient (Wildman–Crippen LogP) is 2.51. The van der Waals surface area contributed by atoms with E-state index in [4.69, 9.17) is 4.74 Å². The number of benzene rings is 1. The zero-order valence-electron chi connectivity index (χ0n) is 15.2. The Labute approximate surface area is 169 Å². The Morgan fingerprint density at radius 2 is 1.81 bits per heavy atom. The Bertz CT molecular complexity index is 531. The molecule has 0 bridgehead atoms. The fourth-order valence-corrected chi connectivity index (χ4v) is 3.46. The van der Waals surface area contributed by atoms with E-state index < -0.39 is 0 Å². The maximum atomic E-state index is 12.3. The maximum absolute atomic E-state index is 12.3. The molecule has 1 unspecified atom stereocenters. The lowest BCUT2D eigenvalue weighted by atomic mass is 10.1. The number of hydrogen-bond acceptors (Lipinski definition) is 4. The summed E-state index contributed by atoms with van der Waals surface area (Å²) in [5.74, 6) is 0.0271. The number of carbonyl (C=O) groups is 1. The Hall–Kier alpha value is -0.850. The van der Waals surface area contributed by atoms with E-state index >= 15 is 0 Å². The summed E-state index contributed by atoms with van der Waals surface area (Å²) in [6, 6.07) is 8.23. The van der Waals surface area contributed by atoms with Gasteiger partial charge in [0.2, 0.25) is 5.91 Å². The quantitative estimate of drug-likeness (QED) is 0.792. The first-order valence-electron chi connectivity index (χ1n) is 9.21. The van der Waals surface area contributed by atoms with Gasteiger partial charge in [0.1, 0.15) is 6.04 Å². The van der Waals surface area contributed by atoms with Crippen LogP contribution in [-0.2, 0) is 22.6 Å². The van der Waals surface area contributed by atoms with E-state index in [1.807, 2.05) is 0 Å². The number of nitrogens with one attached hydrogen (secondary N) is 2. The van der Waals surface area contributed by atoms with E-state index in [1.165, 1.54) is 49.9 Å². The Morgan fingerprint density at radius 3 is 2.46 bits per heavy atom. The molecular weight excluding hydrogens is 373 g/mol. The minimum Gasteiger partial charge on any atom is -0.378 e. The van der Waals surface area contributed by atoms with Gasteiger partial charge in [0.25, 0.3) is 0 Å². The van der Waals surface area contributed by atoms with Crippen LogP contribution in [0.2, 0.25) is 0 Å². The summed E-state index contributed by atoms with van der Waals surface area (Å²) in [5.41, 5.74) is 2.54. The van der Waals surface area contributed by atoms with Crippen LogP contribution < -0.4 is 10.6 Å². The van der Waals surface area contributed by atoms with Crippen molar-refractivity contribution < 1.29 is 9.53 Å². The molecule has 2 aliphatic heterocycles. The number of amides is 1. The number of ether oxygens (including phenoxy) is 1. The number of likely N-dealkylation sites (tertiary alicyclic amines) is 1. The van der Waals surface area contributed by atoms with Crippen LogP contribution in [0.15, 0.2) is 24.3 Å². The van der Waals surface area contributed by atoms with E-state index in [0.717, 1.165) is 13.1 Å². The van der Waals surface area contributed by atoms with Crippen LogP contribution in [0.3, 0.4) is 0 Å². The summed E-state index contributed by atoms with van der Waals surface area (Å²) in [6.07, 6.45) is 5.30. The van der Waals surface area contributed by atoms with Crippen LogP contribution >= 0.6 is 24.8 Å². The molecule has 3 rings (SSSR count). The zero-order valence-corrected chi connectivity index (χ0v) is 16.9. The number of carbonyl (C=O) groups excluding carboxylic acids is 1. The largest absolute Gasteiger partial charge is 0.378 e. The Morgan fingerprint density at radius 1 is 1.12 bits per heavy atom. The SMILES string of the molecule is Cl.Cl.O=C(NCc1ccccc1CN1CCCCCC1)C1COCCN1. The third-order valence-corrected chi connectivity index (χ3v) is 4.90. The molecule has 1 amide bonds. The van der Waals surface area contributed by atoms with Crippen molar-refractivity contribution >= 4 is 30.7 Å². The minimum atomic E-state index is -0.225. The van der Waals surface area contributed by atoms with Crippen molar-refractivity contribution in [1.29, 1.82) is 0 Å². The van der Waals surface area contributed by atoms with Gasteiger partial charge in [-0.3, -0.25) is 9.69 Å². The van der Waals surface area contributed by atoms with Crippen molar-refractivity contribution in [1.82, 2.24) is 15.5 Å². The topological polar surface area (TPSA) is 53.6 Å².